The van der Waals surface area contributed by atoms with E-state index in [0.29, 0.717) is 22.8 Å². The zero-order valence-corrected chi connectivity index (χ0v) is 17.3. The number of benzene rings is 2. The number of carbonyl (C=O) groups is 3. The highest BCUT2D eigenvalue weighted by molar-refractivity contribution is 9.10. The summed E-state index contributed by atoms with van der Waals surface area (Å²) >= 11 is 3.35. The molecule has 3 aromatic rings. The molecule has 0 spiro atoms. The van der Waals surface area contributed by atoms with Gasteiger partial charge in [0, 0.05) is 10.0 Å². The first-order chi connectivity index (χ1) is 14.5. The lowest BCUT2D eigenvalue weighted by Crippen LogP contribution is -2.35. The lowest BCUT2D eigenvalue weighted by Gasteiger charge is -2.14. The molecule has 2 aromatic carbocycles. The normalized spacial score (nSPS) is 14.9. The van der Waals surface area contributed by atoms with Crippen LogP contribution in [0, 0.1) is 0 Å². The van der Waals surface area contributed by atoms with Crippen LogP contribution in [-0.2, 0) is 14.3 Å². The maximum Gasteiger partial charge on any atom is 0.337 e. The minimum atomic E-state index is -0.514. The van der Waals surface area contributed by atoms with Crippen LogP contribution < -0.4 is 10.4 Å². The second-order valence-corrected chi connectivity index (χ2v) is 7.31. The first kappa shape index (κ1) is 19.7. The van der Waals surface area contributed by atoms with E-state index in [-0.39, 0.29) is 5.57 Å². The van der Waals surface area contributed by atoms with Crippen LogP contribution in [0.25, 0.3) is 17.4 Å². The van der Waals surface area contributed by atoms with E-state index in [2.05, 4.69) is 26.1 Å². The molecule has 1 aromatic heterocycles. The number of methoxy groups -OCH3 is 1. The summed E-state index contributed by atoms with van der Waals surface area (Å²) < 4.78 is 11.2. The fraction of sp³-hybridized carbons (Fsp3) is 0.0455. The van der Waals surface area contributed by atoms with E-state index in [4.69, 9.17) is 4.42 Å². The SMILES string of the molecule is COC(=O)c1ccc(-c2ccc(/C=C3/C(=O)NN(c4cccc(Br)c4)C3=O)o2)cc1. The highest BCUT2D eigenvalue weighted by atomic mass is 79.9. The van der Waals surface area contributed by atoms with Crippen LogP contribution in [-0.4, -0.2) is 24.9 Å². The van der Waals surface area contributed by atoms with Crippen molar-refractivity contribution in [2.45, 2.75) is 0 Å². The number of hydrazine groups is 1. The van der Waals surface area contributed by atoms with Gasteiger partial charge in [-0.1, -0.05) is 34.1 Å². The number of hydrogen-bond acceptors (Lipinski definition) is 5. The van der Waals surface area contributed by atoms with Gasteiger partial charge in [0.15, 0.2) is 0 Å². The van der Waals surface area contributed by atoms with Crippen LogP contribution >= 0.6 is 15.9 Å². The standard InChI is InChI=1S/C22H15BrN2O5/c1-29-22(28)14-7-5-13(6-8-14)19-10-9-17(30-19)12-18-20(26)24-25(21(18)27)16-4-2-3-15(23)11-16/h2-12H,1H3,(H,24,26)/b18-12-. The molecule has 7 nitrogen and oxygen atoms in total. The van der Waals surface area contributed by atoms with Gasteiger partial charge >= 0.3 is 5.97 Å². The average molecular weight is 467 g/mol. The smallest absolute Gasteiger partial charge is 0.337 e. The molecule has 0 saturated carbocycles. The van der Waals surface area contributed by atoms with E-state index in [1.807, 2.05) is 6.07 Å². The summed E-state index contributed by atoms with van der Waals surface area (Å²) in [7, 11) is 1.32. The Morgan fingerprint density at radius 3 is 2.57 bits per heavy atom. The molecule has 2 heterocycles. The number of hydrogen-bond donors (Lipinski definition) is 1. The second kappa shape index (κ2) is 8.00. The quantitative estimate of drug-likeness (QED) is 0.357. The lowest BCUT2D eigenvalue weighted by molar-refractivity contribution is -0.117. The molecule has 8 heteroatoms. The molecule has 0 aliphatic carbocycles. The zero-order valence-electron chi connectivity index (χ0n) is 15.7. The molecule has 0 radical (unpaired) electrons. The summed E-state index contributed by atoms with van der Waals surface area (Å²) in [5.74, 6) is -0.518. The van der Waals surface area contributed by atoms with E-state index >= 15 is 0 Å². The fourth-order valence-corrected chi connectivity index (χ4v) is 3.36. The summed E-state index contributed by atoms with van der Waals surface area (Å²) in [6, 6.07) is 17.1. The third kappa shape index (κ3) is 3.77. The first-order valence-corrected chi connectivity index (χ1v) is 9.67. The van der Waals surface area contributed by atoms with Crippen LogP contribution in [0.1, 0.15) is 16.1 Å². The van der Waals surface area contributed by atoms with Gasteiger partial charge in [0.2, 0.25) is 0 Å². The average Bonchev–Trinajstić information content (AvgIpc) is 3.33. The molecule has 0 bridgehead atoms. The van der Waals surface area contributed by atoms with Crippen molar-refractivity contribution in [3.05, 3.63) is 82.0 Å². The fourth-order valence-electron chi connectivity index (χ4n) is 2.97. The van der Waals surface area contributed by atoms with Gasteiger partial charge in [0.05, 0.1) is 18.4 Å². The highest BCUT2D eigenvalue weighted by Crippen LogP contribution is 2.27. The van der Waals surface area contributed by atoms with E-state index < -0.39 is 17.8 Å². The minimum absolute atomic E-state index is 0.0306. The van der Waals surface area contributed by atoms with Gasteiger partial charge in [0.25, 0.3) is 11.8 Å². The number of esters is 1. The molecule has 4 rings (SSSR count). The van der Waals surface area contributed by atoms with Crippen molar-refractivity contribution >= 4 is 45.5 Å². The maximum atomic E-state index is 12.7. The summed E-state index contributed by atoms with van der Waals surface area (Å²) in [5.41, 5.74) is 4.22. The molecule has 0 unspecified atom stereocenters. The Labute approximate surface area is 180 Å². The summed E-state index contributed by atoms with van der Waals surface area (Å²) in [6.45, 7) is 0. The molecule has 1 N–H and O–H groups in total. The topological polar surface area (TPSA) is 88.9 Å². The van der Waals surface area contributed by atoms with Crippen LogP contribution in [0.2, 0.25) is 0 Å². The van der Waals surface area contributed by atoms with Gasteiger partial charge in [0.1, 0.15) is 17.1 Å². The second-order valence-electron chi connectivity index (χ2n) is 6.39. The van der Waals surface area contributed by atoms with E-state index in [9.17, 15) is 14.4 Å². The number of halogens is 1. The summed E-state index contributed by atoms with van der Waals surface area (Å²) in [4.78, 5) is 36.6. The Morgan fingerprint density at radius 1 is 1.10 bits per heavy atom. The molecule has 2 amide bonds. The molecule has 0 atom stereocenters. The van der Waals surface area contributed by atoms with Crippen molar-refractivity contribution in [2.24, 2.45) is 0 Å². The van der Waals surface area contributed by atoms with Crippen molar-refractivity contribution in [2.75, 3.05) is 12.1 Å². The van der Waals surface area contributed by atoms with Crippen molar-refractivity contribution in [3.8, 4) is 11.3 Å². The molecule has 1 fully saturated rings. The van der Waals surface area contributed by atoms with E-state index in [1.54, 1.807) is 54.6 Å². The van der Waals surface area contributed by atoms with E-state index in [1.165, 1.54) is 18.2 Å². The number of anilines is 1. The van der Waals surface area contributed by atoms with Crippen LogP contribution in [0.15, 0.2) is 75.1 Å². The molecule has 1 saturated heterocycles. The van der Waals surface area contributed by atoms with Gasteiger partial charge in [-0.2, -0.15) is 0 Å². The Balaban J connectivity index is 1.57. The van der Waals surface area contributed by atoms with Crippen LogP contribution in [0.5, 0.6) is 0 Å². The van der Waals surface area contributed by atoms with Gasteiger partial charge < -0.3 is 9.15 Å². The first-order valence-electron chi connectivity index (χ1n) is 8.87. The molecule has 150 valence electrons. The molecular formula is C22H15BrN2O5. The van der Waals surface area contributed by atoms with Gasteiger partial charge in [-0.05, 0) is 48.5 Å². The number of furan rings is 1. The van der Waals surface area contributed by atoms with E-state index in [0.717, 1.165) is 10.0 Å². The maximum absolute atomic E-state index is 12.7. The Kier molecular flexibility index (Phi) is 5.24. The largest absolute Gasteiger partial charge is 0.465 e. The predicted octanol–water partition coefficient (Wildman–Crippen LogP) is 3.96. The number of amides is 2. The number of carbonyl (C=O) groups excluding carboxylic acids is 3. The van der Waals surface area contributed by atoms with Crippen molar-refractivity contribution < 1.29 is 23.5 Å². The summed E-state index contributed by atoms with van der Waals surface area (Å²) in [5, 5.41) is 1.19. The molecular weight excluding hydrogens is 452 g/mol. The molecule has 30 heavy (non-hydrogen) atoms. The Bertz CT molecular complexity index is 1180. The zero-order chi connectivity index (χ0) is 21.3. The molecule has 1 aliphatic rings. The van der Waals surface area contributed by atoms with Gasteiger partial charge in [-0.25, -0.2) is 9.80 Å². The highest BCUT2D eigenvalue weighted by Gasteiger charge is 2.34. The van der Waals surface area contributed by atoms with Gasteiger partial charge in [-0.3, -0.25) is 15.0 Å². The minimum Gasteiger partial charge on any atom is -0.465 e. The third-order valence-electron chi connectivity index (χ3n) is 4.46. The van der Waals surface area contributed by atoms with Crippen molar-refractivity contribution in [1.29, 1.82) is 0 Å². The lowest BCUT2D eigenvalue weighted by atomic mass is 10.1. The Hall–Kier alpha value is -3.65. The summed E-state index contributed by atoms with van der Waals surface area (Å²) in [6.07, 6.45) is 1.40. The number of nitrogens with one attached hydrogen (secondary N) is 1. The Morgan fingerprint density at radius 2 is 1.87 bits per heavy atom. The number of ether oxygens (including phenoxy) is 1. The van der Waals surface area contributed by atoms with Crippen molar-refractivity contribution in [1.82, 2.24) is 5.43 Å². The molecule has 1 aliphatic heterocycles. The van der Waals surface area contributed by atoms with Crippen molar-refractivity contribution in [3.63, 3.8) is 0 Å². The third-order valence-corrected chi connectivity index (χ3v) is 4.96. The van der Waals surface area contributed by atoms with Gasteiger partial charge in [-0.15, -0.1) is 0 Å². The number of nitrogens with zero attached hydrogens (tertiary/aromatic N) is 1. The van der Waals surface area contributed by atoms with Crippen LogP contribution in [0.3, 0.4) is 0 Å². The van der Waals surface area contributed by atoms with Crippen LogP contribution in [0.4, 0.5) is 5.69 Å². The predicted molar refractivity (Wildman–Crippen MR) is 113 cm³/mol. The number of rotatable bonds is 4. The monoisotopic (exact) mass is 466 g/mol.